The Morgan fingerprint density at radius 3 is 2.84 bits per heavy atom. The number of thiophene rings is 1. The highest BCUT2D eigenvalue weighted by Crippen LogP contribution is 2.34. The summed E-state index contributed by atoms with van der Waals surface area (Å²) in [5, 5.41) is 8.47. The molecule has 0 saturated carbocycles. The van der Waals surface area contributed by atoms with Crippen molar-refractivity contribution >= 4 is 33.2 Å². The quantitative estimate of drug-likeness (QED) is 0.770. The first-order chi connectivity index (χ1) is 12.1. The topological polar surface area (TPSA) is 64.7 Å². The standard InChI is InChI=1S/C18H23N5OS/c1-4-22-17(24)15-13-7-5-6-8-14(13)25-16(15)21-18(22)20-12-9-19-23(10-12)11(2)3/h9-11H,4-8H2,1-3H3,(H,20,21). The number of fused-ring (bicyclic) bond motifs is 3. The molecule has 1 N–H and O–H groups in total. The number of anilines is 2. The Labute approximate surface area is 150 Å². The average molecular weight is 357 g/mol. The van der Waals surface area contributed by atoms with Crippen LogP contribution in [-0.2, 0) is 19.4 Å². The normalized spacial score (nSPS) is 14.2. The van der Waals surface area contributed by atoms with Gasteiger partial charge in [-0.2, -0.15) is 5.10 Å². The molecule has 0 saturated heterocycles. The van der Waals surface area contributed by atoms with Gasteiger partial charge < -0.3 is 5.32 Å². The summed E-state index contributed by atoms with van der Waals surface area (Å²) in [6.07, 6.45) is 8.17. The number of aryl methyl sites for hydroxylation is 2. The van der Waals surface area contributed by atoms with Crippen molar-refractivity contribution in [2.24, 2.45) is 0 Å². The van der Waals surface area contributed by atoms with E-state index in [1.807, 2.05) is 17.8 Å². The van der Waals surface area contributed by atoms with Gasteiger partial charge in [-0.25, -0.2) is 4.98 Å². The van der Waals surface area contributed by atoms with Crippen LogP contribution in [0.15, 0.2) is 17.2 Å². The lowest BCUT2D eigenvalue weighted by Crippen LogP contribution is -2.23. The van der Waals surface area contributed by atoms with Crippen LogP contribution in [0.25, 0.3) is 10.2 Å². The molecule has 0 aliphatic heterocycles. The molecule has 0 amide bonds. The van der Waals surface area contributed by atoms with Crippen molar-refractivity contribution in [2.45, 2.75) is 59.0 Å². The number of hydrogen-bond acceptors (Lipinski definition) is 5. The van der Waals surface area contributed by atoms with Gasteiger partial charge in [-0.3, -0.25) is 14.0 Å². The third-order valence-electron chi connectivity index (χ3n) is 4.78. The van der Waals surface area contributed by atoms with Crippen molar-refractivity contribution in [2.75, 3.05) is 5.32 Å². The van der Waals surface area contributed by atoms with Crippen molar-refractivity contribution in [3.63, 3.8) is 0 Å². The summed E-state index contributed by atoms with van der Waals surface area (Å²) in [4.78, 5) is 20.1. The molecular weight excluding hydrogens is 334 g/mol. The van der Waals surface area contributed by atoms with E-state index in [0.29, 0.717) is 18.5 Å². The molecule has 0 fully saturated rings. The summed E-state index contributed by atoms with van der Waals surface area (Å²) in [5.74, 6) is 0.599. The van der Waals surface area contributed by atoms with Crippen LogP contribution in [0.1, 0.15) is 50.1 Å². The highest BCUT2D eigenvalue weighted by Gasteiger charge is 2.21. The summed E-state index contributed by atoms with van der Waals surface area (Å²) in [6.45, 7) is 6.74. The molecule has 3 aromatic heterocycles. The molecular formula is C18H23N5OS. The largest absolute Gasteiger partial charge is 0.323 e. The monoisotopic (exact) mass is 357 g/mol. The van der Waals surface area contributed by atoms with E-state index in [0.717, 1.165) is 28.7 Å². The first-order valence-corrected chi connectivity index (χ1v) is 9.76. The van der Waals surface area contributed by atoms with Crippen molar-refractivity contribution < 1.29 is 0 Å². The molecule has 0 bridgehead atoms. The Kier molecular flexibility index (Phi) is 4.11. The fraction of sp³-hybridized carbons (Fsp3) is 0.500. The highest BCUT2D eigenvalue weighted by molar-refractivity contribution is 7.18. The second-order valence-corrected chi connectivity index (χ2v) is 7.89. The van der Waals surface area contributed by atoms with Crippen LogP contribution in [-0.4, -0.2) is 19.3 Å². The third-order valence-corrected chi connectivity index (χ3v) is 5.96. The molecule has 4 rings (SSSR count). The average Bonchev–Trinajstić information content (AvgIpc) is 3.19. The highest BCUT2D eigenvalue weighted by atomic mass is 32.1. The molecule has 0 spiro atoms. The van der Waals surface area contributed by atoms with Gasteiger partial charge in [0.05, 0.1) is 17.3 Å². The van der Waals surface area contributed by atoms with Gasteiger partial charge in [-0.1, -0.05) is 0 Å². The Hall–Kier alpha value is -2.15. The number of hydrogen-bond donors (Lipinski definition) is 1. The summed E-state index contributed by atoms with van der Waals surface area (Å²) >= 11 is 1.68. The SMILES string of the molecule is CCn1c(Nc2cnn(C(C)C)c2)nc2sc3c(c2c1=O)CCCC3. The Bertz CT molecular complexity index is 981. The second kappa shape index (κ2) is 6.29. The zero-order valence-electron chi connectivity index (χ0n) is 14.9. The Morgan fingerprint density at radius 2 is 2.12 bits per heavy atom. The number of aromatic nitrogens is 4. The molecule has 1 aliphatic carbocycles. The minimum Gasteiger partial charge on any atom is -0.323 e. The van der Waals surface area contributed by atoms with Crippen LogP contribution >= 0.6 is 11.3 Å². The molecule has 0 radical (unpaired) electrons. The van der Waals surface area contributed by atoms with Gasteiger partial charge in [0, 0.05) is 23.7 Å². The minimum atomic E-state index is 0.0747. The van der Waals surface area contributed by atoms with Crippen LogP contribution in [0.2, 0.25) is 0 Å². The fourth-order valence-corrected chi connectivity index (χ4v) is 4.69. The molecule has 25 heavy (non-hydrogen) atoms. The maximum absolute atomic E-state index is 13.1. The molecule has 0 atom stereocenters. The smallest absolute Gasteiger partial charge is 0.263 e. The maximum Gasteiger partial charge on any atom is 0.263 e. The molecule has 0 unspecified atom stereocenters. The van der Waals surface area contributed by atoms with Crippen LogP contribution < -0.4 is 10.9 Å². The first kappa shape index (κ1) is 16.3. The summed E-state index contributed by atoms with van der Waals surface area (Å²) in [6, 6.07) is 0.295. The van der Waals surface area contributed by atoms with Gasteiger partial charge in [0.2, 0.25) is 5.95 Å². The van der Waals surface area contributed by atoms with Gasteiger partial charge in [-0.05, 0) is 52.0 Å². The molecule has 6 nitrogen and oxygen atoms in total. The van der Waals surface area contributed by atoms with Gasteiger partial charge in [-0.15, -0.1) is 11.3 Å². The minimum absolute atomic E-state index is 0.0747. The van der Waals surface area contributed by atoms with E-state index in [9.17, 15) is 4.79 Å². The van der Waals surface area contributed by atoms with E-state index in [1.54, 1.807) is 22.1 Å². The van der Waals surface area contributed by atoms with E-state index >= 15 is 0 Å². The lowest BCUT2D eigenvalue weighted by molar-refractivity contribution is 0.532. The molecule has 1 aliphatic rings. The third kappa shape index (κ3) is 2.76. The van der Waals surface area contributed by atoms with E-state index in [2.05, 4.69) is 24.3 Å². The zero-order chi connectivity index (χ0) is 17.6. The first-order valence-electron chi connectivity index (χ1n) is 8.94. The summed E-state index contributed by atoms with van der Waals surface area (Å²) < 4.78 is 3.62. The fourth-order valence-electron chi connectivity index (χ4n) is 3.44. The Balaban J connectivity index is 1.81. The Morgan fingerprint density at radius 1 is 1.32 bits per heavy atom. The van der Waals surface area contributed by atoms with E-state index in [-0.39, 0.29) is 5.56 Å². The van der Waals surface area contributed by atoms with Gasteiger partial charge in [0.15, 0.2) is 0 Å². The van der Waals surface area contributed by atoms with E-state index in [1.165, 1.54) is 23.3 Å². The summed E-state index contributed by atoms with van der Waals surface area (Å²) in [5.41, 5.74) is 2.17. The van der Waals surface area contributed by atoms with Crippen LogP contribution in [0.4, 0.5) is 11.6 Å². The molecule has 3 aromatic rings. The molecule has 3 heterocycles. The number of rotatable bonds is 4. The van der Waals surface area contributed by atoms with Crippen LogP contribution in [0.3, 0.4) is 0 Å². The van der Waals surface area contributed by atoms with Crippen molar-refractivity contribution in [1.29, 1.82) is 0 Å². The lowest BCUT2D eigenvalue weighted by Gasteiger charge is -2.12. The van der Waals surface area contributed by atoms with Crippen LogP contribution in [0.5, 0.6) is 0 Å². The van der Waals surface area contributed by atoms with Crippen molar-refractivity contribution in [1.82, 2.24) is 19.3 Å². The maximum atomic E-state index is 13.1. The number of nitrogens with zero attached hydrogens (tertiary/aromatic N) is 4. The van der Waals surface area contributed by atoms with Crippen LogP contribution in [0, 0.1) is 0 Å². The van der Waals surface area contributed by atoms with E-state index < -0.39 is 0 Å². The van der Waals surface area contributed by atoms with Gasteiger partial charge >= 0.3 is 0 Å². The molecule has 7 heteroatoms. The van der Waals surface area contributed by atoms with E-state index in [4.69, 9.17) is 4.98 Å². The van der Waals surface area contributed by atoms with Gasteiger partial charge in [0.1, 0.15) is 4.83 Å². The van der Waals surface area contributed by atoms with Crippen molar-refractivity contribution in [3.05, 3.63) is 33.2 Å². The summed E-state index contributed by atoms with van der Waals surface area (Å²) in [7, 11) is 0. The molecule has 132 valence electrons. The van der Waals surface area contributed by atoms with Gasteiger partial charge in [0.25, 0.3) is 5.56 Å². The lowest BCUT2D eigenvalue weighted by atomic mass is 9.97. The van der Waals surface area contributed by atoms with Crippen molar-refractivity contribution in [3.8, 4) is 0 Å². The second-order valence-electron chi connectivity index (χ2n) is 6.80. The molecule has 0 aromatic carbocycles. The predicted octanol–water partition coefficient (Wildman–Crippen LogP) is 3.88. The number of nitrogens with one attached hydrogen (secondary N) is 1. The zero-order valence-corrected chi connectivity index (χ0v) is 15.7. The predicted molar refractivity (Wildman–Crippen MR) is 102 cm³/mol.